The van der Waals surface area contributed by atoms with Gasteiger partial charge in [0, 0.05) is 17.4 Å². The summed E-state index contributed by atoms with van der Waals surface area (Å²) in [5.74, 6) is 0. The summed E-state index contributed by atoms with van der Waals surface area (Å²) < 4.78 is 0. The molecule has 1 aromatic carbocycles. The van der Waals surface area contributed by atoms with Crippen LogP contribution in [-0.2, 0) is 0 Å². The van der Waals surface area contributed by atoms with Crippen LogP contribution in [0.3, 0.4) is 0 Å². The first-order valence-electron chi connectivity index (χ1n) is 5.70. The van der Waals surface area contributed by atoms with Gasteiger partial charge in [0.2, 0.25) is 0 Å². The first-order chi connectivity index (χ1) is 8.33. The molecule has 0 radical (unpaired) electrons. The molecule has 0 aliphatic carbocycles. The Morgan fingerprint density at radius 3 is 2.53 bits per heavy atom. The SMILES string of the molecule is CCNC(c1ccncc1)c1ccccc1Cl. The van der Waals surface area contributed by atoms with Crippen molar-refractivity contribution in [1.29, 1.82) is 0 Å². The number of nitrogens with one attached hydrogen (secondary N) is 1. The molecule has 0 amide bonds. The van der Waals surface area contributed by atoms with Crippen LogP contribution in [0.5, 0.6) is 0 Å². The van der Waals surface area contributed by atoms with Gasteiger partial charge in [-0.1, -0.05) is 36.7 Å². The van der Waals surface area contributed by atoms with Crippen LogP contribution in [0.4, 0.5) is 0 Å². The Morgan fingerprint density at radius 2 is 1.88 bits per heavy atom. The standard InChI is InChI=1S/C14H15ClN2/c1-2-17-14(11-7-9-16-10-8-11)12-5-3-4-6-13(12)15/h3-10,14,17H,2H2,1H3. The van der Waals surface area contributed by atoms with Gasteiger partial charge in [-0.25, -0.2) is 0 Å². The van der Waals surface area contributed by atoms with Gasteiger partial charge >= 0.3 is 0 Å². The maximum atomic E-state index is 6.25. The first kappa shape index (κ1) is 12.1. The summed E-state index contributed by atoms with van der Waals surface area (Å²) in [5.41, 5.74) is 2.28. The van der Waals surface area contributed by atoms with E-state index in [0.29, 0.717) is 0 Å². The van der Waals surface area contributed by atoms with Crippen molar-refractivity contribution >= 4 is 11.6 Å². The van der Waals surface area contributed by atoms with Crippen LogP contribution in [-0.4, -0.2) is 11.5 Å². The van der Waals surface area contributed by atoms with E-state index < -0.39 is 0 Å². The van der Waals surface area contributed by atoms with E-state index in [1.807, 2.05) is 30.3 Å². The lowest BCUT2D eigenvalue weighted by Gasteiger charge is -2.19. The number of hydrogen-bond acceptors (Lipinski definition) is 2. The first-order valence-corrected chi connectivity index (χ1v) is 6.08. The van der Waals surface area contributed by atoms with Crippen LogP contribution in [0.2, 0.25) is 5.02 Å². The molecule has 0 spiro atoms. The third-order valence-corrected chi connectivity index (χ3v) is 3.01. The normalized spacial score (nSPS) is 12.4. The van der Waals surface area contributed by atoms with Crippen LogP contribution in [0.25, 0.3) is 0 Å². The van der Waals surface area contributed by atoms with E-state index in [-0.39, 0.29) is 6.04 Å². The highest BCUT2D eigenvalue weighted by atomic mass is 35.5. The Labute approximate surface area is 107 Å². The highest BCUT2D eigenvalue weighted by molar-refractivity contribution is 6.31. The third kappa shape index (κ3) is 2.84. The van der Waals surface area contributed by atoms with Crippen molar-refractivity contribution in [2.75, 3.05) is 6.54 Å². The van der Waals surface area contributed by atoms with Gasteiger partial charge in [-0.2, -0.15) is 0 Å². The highest BCUT2D eigenvalue weighted by Gasteiger charge is 2.14. The average molecular weight is 247 g/mol. The number of nitrogens with zero attached hydrogens (tertiary/aromatic N) is 1. The van der Waals surface area contributed by atoms with Crippen LogP contribution in [0, 0.1) is 0 Å². The molecule has 2 nitrogen and oxygen atoms in total. The fraction of sp³-hybridized carbons (Fsp3) is 0.214. The molecule has 0 bridgehead atoms. The Bertz CT molecular complexity index is 471. The Kier molecular flexibility index (Phi) is 4.13. The van der Waals surface area contributed by atoms with Crippen molar-refractivity contribution < 1.29 is 0 Å². The van der Waals surface area contributed by atoms with Crippen molar-refractivity contribution in [3.8, 4) is 0 Å². The number of benzene rings is 1. The minimum Gasteiger partial charge on any atom is -0.306 e. The molecule has 1 unspecified atom stereocenters. The molecule has 0 saturated heterocycles. The van der Waals surface area contributed by atoms with E-state index >= 15 is 0 Å². The molecule has 1 aromatic heterocycles. The summed E-state index contributed by atoms with van der Waals surface area (Å²) in [6.45, 7) is 2.98. The van der Waals surface area contributed by atoms with Gasteiger partial charge in [0.25, 0.3) is 0 Å². The number of pyridine rings is 1. The van der Waals surface area contributed by atoms with Crippen molar-refractivity contribution in [3.63, 3.8) is 0 Å². The topological polar surface area (TPSA) is 24.9 Å². The zero-order valence-corrected chi connectivity index (χ0v) is 10.5. The molecule has 0 saturated carbocycles. The van der Waals surface area contributed by atoms with E-state index in [4.69, 9.17) is 11.6 Å². The minimum absolute atomic E-state index is 0.122. The fourth-order valence-corrected chi connectivity index (χ4v) is 2.12. The van der Waals surface area contributed by atoms with Crippen LogP contribution in [0.1, 0.15) is 24.1 Å². The number of aromatic nitrogens is 1. The summed E-state index contributed by atoms with van der Waals surface area (Å²) in [6, 6.07) is 12.1. The lowest BCUT2D eigenvalue weighted by Crippen LogP contribution is -2.22. The number of hydrogen-bond donors (Lipinski definition) is 1. The van der Waals surface area contributed by atoms with Gasteiger partial charge in [-0.3, -0.25) is 4.98 Å². The quantitative estimate of drug-likeness (QED) is 0.894. The van der Waals surface area contributed by atoms with E-state index in [2.05, 4.69) is 23.3 Å². The zero-order valence-electron chi connectivity index (χ0n) is 9.73. The smallest absolute Gasteiger partial charge is 0.0592 e. The zero-order chi connectivity index (χ0) is 12.1. The lowest BCUT2D eigenvalue weighted by molar-refractivity contribution is 0.630. The van der Waals surface area contributed by atoms with Crippen LogP contribution in [0.15, 0.2) is 48.8 Å². The molecule has 0 aliphatic heterocycles. The van der Waals surface area contributed by atoms with Crippen molar-refractivity contribution in [3.05, 3.63) is 64.9 Å². The van der Waals surface area contributed by atoms with Gasteiger partial charge in [0.1, 0.15) is 0 Å². The highest BCUT2D eigenvalue weighted by Crippen LogP contribution is 2.27. The van der Waals surface area contributed by atoms with Crippen LogP contribution < -0.4 is 5.32 Å². The van der Waals surface area contributed by atoms with E-state index in [0.717, 1.165) is 17.1 Å². The molecule has 17 heavy (non-hydrogen) atoms. The Hall–Kier alpha value is -1.38. The fourth-order valence-electron chi connectivity index (χ4n) is 1.88. The largest absolute Gasteiger partial charge is 0.306 e. The maximum absolute atomic E-state index is 6.25. The maximum Gasteiger partial charge on any atom is 0.0592 e. The van der Waals surface area contributed by atoms with Gasteiger partial charge in [0.15, 0.2) is 0 Å². The molecule has 2 aromatic rings. The second-order valence-electron chi connectivity index (χ2n) is 3.79. The molecule has 0 fully saturated rings. The average Bonchev–Trinajstić information content (AvgIpc) is 2.38. The minimum atomic E-state index is 0.122. The number of rotatable bonds is 4. The van der Waals surface area contributed by atoms with Crippen LogP contribution >= 0.6 is 11.6 Å². The Balaban J connectivity index is 2.39. The molecule has 1 atom stereocenters. The van der Waals surface area contributed by atoms with Gasteiger partial charge in [0.05, 0.1) is 6.04 Å². The molecule has 1 N–H and O–H groups in total. The molecular formula is C14H15ClN2. The summed E-state index contributed by atoms with van der Waals surface area (Å²) in [7, 11) is 0. The molecular weight excluding hydrogens is 232 g/mol. The second kappa shape index (κ2) is 5.80. The summed E-state index contributed by atoms with van der Waals surface area (Å²) in [4.78, 5) is 4.04. The van der Waals surface area contributed by atoms with E-state index in [1.165, 1.54) is 5.56 Å². The van der Waals surface area contributed by atoms with Crippen molar-refractivity contribution in [2.24, 2.45) is 0 Å². The molecule has 1 heterocycles. The molecule has 3 heteroatoms. The van der Waals surface area contributed by atoms with Crippen molar-refractivity contribution in [1.82, 2.24) is 10.3 Å². The summed E-state index contributed by atoms with van der Waals surface area (Å²) >= 11 is 6.25. The van der Waals surface area contributed by atoms with E-state index in [1.54, 1.807) is 12.4 Å². The van der Waals surface area contributed by atoms with Crippen molar-refractivity contribution in [2.45, 2.75) is 13.0 Å². The predicted octanol–water partition coefficient (Wildman–Crippen LogP) is 3.43. The molecule has 2 rings (SSSR count). The van der Waals surface area contributed by atoms with Gasteiger partial charge in [-0.05, 0) is 35.9 Å². The van der Waals surface area contributed by atoms with E-state index in [9.17, 15) is 0 Å². The van der Waals surface area contributed by atoms with Gasteiger partial charge < -0.3 is 5.32 Å². The molecule has 0 aliphatic rings. The number of halogens is 1. The van der Waals surface area contributed by atoms with Gasteiger partial charge in [-0.15, -0.1) is 0 Å². The monoisotopic (exact) mass is 246 g/mol. The summed E-state index contributed by atoms with van der Waals surface area (Å²) in [5, 5.41) is 4.23. The Morgan fingerprint density at radius 1 is 1.18 bits per heavy atom. The third-order valence-electron chi connectivity index (χ3n) is 2.66. The molecule has 88 valence electrons. The lowest BCUT2D eigenvalue weighted by atomic mass is 9.99. The second-order valence-corrected chi connectivity index (χ2v) is 4.20. The predicted molar refractivity (Wildman–Crippen MR) is 71.2 cm³/mol. The summed E-state index contributed by atoms with van der Waals surface area (Å²) in [6.07, 6.45) is 3.60.